The molecule has 28 heavy (non-hydrogen) atoms. The molecule has 2 aliphatic rings. The van der Waals surface area contributed by atoms with Gasteiger partial charge in [-0.2, -0.15) is 0 Å². The fraction of sp³-hybridized carbons (Fsp3) is 0.444. The number of hydrogen-bond donors (Lipinski definition) is 3. The van der Waals surface area contributed by atoms with Gasteiger partial charge in [-0.3, -0.25) is 4.79 Å². The Hall–Kier alpha value is -2.72. The first kappa shape index (κ1) is 18.6. The van der Waals surface area contributed by atoms with Crippen LogP contribution in [0.15, 0.2) is 11.0 Å². The molecule has 1 aromatic carbocycles. The first-order valence-electron chi connectivity index (χ1n) is 8.89. The molecule has 0 radical (unpaired) electrons. The number of carboxylic acids is 1. The second-order valence-corrected chi connectivity index (χ2v) is 7.44. The van der Waals surface area contributed by atoms with Crippen molar-refractivity contribution in [2.75, 3.05) is 36.9 Å². The van der Waals surface area contributed by atoms with Crippen LogP contribution in [0.5, 0.6) is 0 Å². The number of anilines is 2. The quantitative estimate of drug-likeness (QED) is 0.661. The van der Waals surface area contributed by atoms with Gasteiger partial charge in [-0.05, 0) is 5.92 Å². The van der Waals surface area contributed by atoms with E-state index in [-0.39, 0.29) is 49.0 Å². The van der Waals surface area contributed by atoms with Crippen molar-refractivity contribution < 1.29 is 23.4 Å². The lowest BCUT2D eigenvalue weighted by Crippen LogP contribution is -2.34. The summed E-state index contributed by atoms with van der Waals surface area (Å²) in [4.78, 5) is 25.6. The molecule has 0 aliphatic carbocycles. The van der Waals surface area contributed by atoms with Gasteiger partial charge in [-0.1, -0.05) is 6.92 Å². The number of hydrogen-bond acceptors (Lipinski definition) is 6. The van der Waals surface area contributed by atoms with Crippen LogP contribution < -0.4 is 21.8 Å². The summed E-state index contributed by atoms with van der Waals surface area (Å²) >= 11 is 0. The predicted octanol–water partition coefficient (Wildman–Crippen LogP) is 0.915. The molecule has 2 saturated heterocycles. The molecular weight excluding hydrogens is 374 g/mol. The van der Waals surface area contributed by atoms with E-state index < -0.39 is 39.7 Å². The highest BCUT2D eigenvalue weighted by atomic mass is 19.1. The number of benzene rings is 1. The third-order valence-corrected chi connectivity index (χ3v) is 5.60. The van der Waals surface area contributed by atoms with Crippen LogP contribution in [0.4, 0.5) is 20.2 Å². The number of rotatable bonds is 3. The van der Waals surface area contributed by atoms with Gasteiger partial charge < -0.3 is 30.8 Å². The van der Waals surface area contributed by atoms with Gasteiger partial charge in [0, 0.05) is 25.3 Å². The minimum atomic E-state index is -1.50. The summed E-state index contributed by atoms with van der Waals surface area (Å²) < 4.78 is 37.1. The molecule has 3 heterocycles. The van der Waals surface area contributed by atoms with Crippen LogP contribution >= 0.6 is 0 Å². The molecule has 0 unspecified atom stereocenters. The number of aromatic nitrogens is 1. The number of nitrogens with two attached hydrogens (primary N) is 2. The largest absolute Gasteiger partial charge is 0.477 e. The topological polar surface area (TPSA) is 124 Å². The monoisotopic (exact) mass is 394 g/mol. The summed E-state index contributed by atoms with van der Waals surface area (Å²) in [6.45, 7) is 2.89. The minimum Gasteiger partial charge on any atom is -0.477 e. The standard InChI is InChI=1S/C18H20F2N4O4/c1-7-2-23(4-10(7)21)16-12(19)14(22)11-15(13(16)20)24(8-5-28-6-8)3-9(17(11)25)18(26)27/h3,7-8,10H,2,4-6,21-22H2,1H3,(H,26,27)/t7-,10-/m0/s1. The van der Waals surface area contributed by atoms with Crippen LogP contribution in [0.3, 0.4) is 0 Å². The molecule has 150 valence electrons. The number of carbonyl (C=O) groups is 1. The lowest BCUT2D eigenvalue weighted by molar-refractivity contribution is -0.0219. The summed E-state index contributed by atoms with van der Waals surface area (Å²) in [6.07, 6.45) is 1.07. The molecule has 2 aliphatic heterocycles. The molecule has 0 spiro atoms. The van der Waals surface area contributed by atoms with E-state index in [4.69, 9.17) is 16.2 Å². The van der Waals surface area contributed by atoms with Gasteiger partial charge in [0.05, 0.1) is 35.8 Å². The fourth-order valence-electron chi connectivity index (χ4n) is 3.83. The molecular formula is C18H20F2N4O4. The molecule has 2 aromatic rings. The van der Waals surface area contributed by atoms with E-state index in [2.05, 4.69) is 0 Å². The number of halogens is 2. The van der Waals surface area contributed by atoms with Crippen molar-refractivity contribution in [3.8, 4) is 0 Å². The van der Waals surface area contributed by atoms with Crippen LogP contribution in [0.2, 0.25) is 0 Å². The number of pyridine rings is 1. The van der Waals surface area contributed by atoms with E-state index >= 15 is 8.78 Å². The van der Waals surface area contributed by atoms with Crippen molar-refractivity contribution in [3.63, 3.8) is 0 Å². The summed E-state index contributed by atoms with van der Waals surface area (Å²) in [5.74, 6) is -3.51. The van der Waals surface area contributed by atoms with Gasteiger partial charge in [0.25, 0.3) is 0 Å². The van der Waals surface area contributed by atoms with E-state index in [9.17, 15) is 14.7 Å². The molecule has 8 nitrogen and oxygen atoms in total. The van der Waals surface area contributed by atoms with E-state index in [1.54, 1.807) is 0 Å². The van der Waals surface area contributed by atoms with Crippen molar-refractivity contribution in [1.29, 1.82) is 0 Å². The zero-order valence-corrected chi connectivity index (χ0v) is 15.1. The number of fused-ring (bicyclic) bond motifs is 1. The lowest BCUT2D eigenvalue weighted by Gasteiger charge is -2.31. The fourth-order valence-corrected chi connectivity index (χ4v) is 3.83. The zero-order valence-electron chi connectivity index (χ0n) is 15.1. The third-order valence-electron chi connectivity index (χ3n) is 5.60. The lowest BCUT2D eigenvalue weighted by atomic mass is 10.0. The van der Waals surface area contributed by atoms with Crippen LogP contribution in [-0.2, 0) is 4.74 Å². The Morgan fingerprint density at radius 1 is 1.29 bits per heavy atom. The van der Waals surface area contributed by atoms with Gasteiger partial charge in [-0.25, -0.2) is 13.6 Å². The molecule has 2 fully saturated rings. The molecule has 10 heteroatoms. The Labute approximate surface area is 158 Å². The molecule has 2 atom stereocenters. The Kier molecular flexibility index (Phi) is 4.27. The van der Waals surface area contributed by atoms with E-state index in [1.807, 2.05) is 6.92 Å². The zero-order chi connectivity index (χ0) is 20.3. The van der Waals surface area contributed by atoms with Crippen molar-refractivity contribution in [2.24, 2.45) is 11.7 Å². The second kappa shape index (κ2) is 6.42. The summed E-state index contributed by atoms with van der Waals surface area (Å²) in [7, 11) is 0. The Morgan fingerprint density at radius 2 is 1.96 bits per heavy atom. The first-order chi connectivity index (χ1) is 13.2. The molecule has 0 bridgehead atoms. The normalized spacial score (nSPS) is 22.6. The molecule has 5 N–H and O–H groups in total. The molecule has 0 amide bonds. The van der Waals surface area contributed by atoms with Crippen LogP contribution in [0, 0.1) is 17.6 Å². The maximum absolute atomic E-state index is 15.6. The molecule has 1 aromatic heterocycles. The minimum absolute atomic E-state index is 0.0207. The van der Waals surface area contributed by atoms with Crippen molar-refractivity contribution in [2.45, 2.75) is 19.0 Å². The second-order valence-electron chi connectivity index (χ2n) is 7.44. The van der Waals surface area contributed by atoms with Crippen LogP contribution in [-0.4, -0.2) is 48.0 Å². The average molecular weight is 394 g/mol. The average Bonchev–Trinajstić information content (AvgIpc) is 2.90. The first-order valence-corrected chi connectivity index (χ1v) is 8.89. The van der Waals surface area contributed by atoms with E-state index in [0.717, 1.165) is 6.20 Å². The van der Waals surface area contributed by atoms with Crippen molar-refractivity contribution >= 4 is 28.2 Å². The SMILES string of the molecule is C[C@H]1CN(c2c(F)c(N)c3c(=O)c(C(=O)O)cn(C4COC4)c3c2F)C[C@@H]1N. The maximum atomic E-state index is 15.6. The molecule has 4 rings (SSSR count). The van der Waals surface area contributed by atoms with E-state index in [0.29, 0.717) is 6.54 Å². The van der Waals surface area contributed by atoms with Gasteiger partial charge in [0.15, 0.2) is 11.6 Å². The molecule has 0 saturated carbocycles. The number of nitrogen functional groups attached to an aromatic ring is 1. The maximum Gasteiger partial charge on any atom is 0.341 e. The number of carboxylic acid groups (broad SMARTS) is 1. The number of ether oxygens (including phenoxy) is 1. The van der Waals surface area contributed by atoms with Gasteiger partial charge in [0.2, 0.25) is 5.43 Å². The summed E-state index contributed by atoms with van der Waals surface area (Å²) in [5.41, 5.74) is 9.12. The van der Waals surface area contributed by atoms with Gasteiger partial charge in [-0.15, -0.1) is 0 Å². The van der Waals surface area contributed by atoms with Gasteiger partial charge >= 0.3 is 5.97 Å². The smallest absolute Gasteiger partial charge is 0.341 e. The summed E-state index contributed by atoms with van der Waals surface area (Å²) in [6, 6.07) is -0.638. The highest BCUT2D eigenvalue weighted by Gasteiger charge is 2.35. The third kappa shape index (κ3) is 2.55. The van der Waals surface area contributed by atoms with Gasteiger partial charge in [0.1, 0.15) is 11.3 Å². The highest BCUT2D eigenvalue weighted by Crippen LogP contribution is 2.38. The van der Waals surface area contributed by atoms with Crippen LogP contribution in [0.1, 0.15) is 23.3 Å². The van der Waals surface area contributed by atoms with Crippen LogP contribution in [0.25, 0.3) is 10.9 Å². The van der Waals surface area contributed by atoms with Crippen molar-refractivity contribution in [3.05, 3.63) is 33.6 Å². The number of nitrogens with zero attached hydrogens (tertiary/aromatic N) is 2. The number of aromatic carboxylic acids is 1. The Bertz CT molecular complexity index is 1040. The highest BCUT2D eigenvalue weighted by molar-refractivity contribution is 5.99. The predicted molar refractivity (Wildman–Crippen MR) is 98.7 cm³/mol. The Morgan fingerprint density at radius 3 is 2.46 bits per heavy atom. The van der Waals surface area contributed by atoms with E-state index in [1.165, 1.54) is 9.47 Å². The van der Waals surface area contributed by atoms with Crippen molar-refractivity contribution in [1.82, 2.24) is 4.57 Å². The Balaban J connectivity index is 2.06. The summed E-state index contributed by atoms with van der Waals surface area (Å²) in [5, 5.41) is 8.87.